The summed E-state index contributed by atoms with van der Waals surface area (Å²) < 4.78 is 0. The molecule has 0 spiro atoms. The van der Waals surface area contributed by atoms with E-state index in [2.05, 4.69) is 103 Å². The highest BCUT2D eigenvalue weighted by Gasteiger charge is 2.19. The predicted octanol–water partition coefficient (Wildman–Crippen LogP) is 4.08. The van der Waals surface area contributed by atoms with Gasteiger partial charge in [-0.25, -0.2) is 0 Å². The van der Waals surface area contributed by atoms with E-state index < -0.39 is 0 Å². The molecule has 0 amide bonds. The van der Waals surface area contributed by atoms with E-state index in [1.807, 2.05) is 0 Å². The molecule has 2 heteroatoms. The average Bonchev–Trinajstić information content (AvgIpc) is 2.65. The van der Waals surface area contributed by atoms with Gasteiger partial charge in [-0.1, -0.05) is 91.0 Å². The molecule has 0 bridgehead atoms. The van der Waals surface area contributed by atoms with E-state index in [0.717, 1.165) is 6.16 Å². The topological polar surface area (TPSA) is 12.0 Å². The standard InChI is InChI=1S/C21H22NP/c1-22-21(18-11-5-2-6-12-18)17-23(19-13-7-3-8-14-19)20-15-9-4-10-16-20/h2-16,21-22H,17H2,1H3/t21-/m0/s1. The highest BCUT2D eigenvalue weighted by atomic mass is 31.1. The van der Waals surface area contributed by atoms with Gasteiger partial charge in [0, 0.05) is 6.04 Å². The van der Waals surface area contributed by atoms with E-state index in [1.54, 1.807) is 0 Å². The smallest absolute Gasteiger partial charge is 0.0363 e. The number of rotatable bonds is 6. The van der Waals surface area contributed by atoms with Gasteiger partial charge >= 0.3 is 0 Å². The fourth-order valence-electron chi connectivity index (χ4n) is 2.81. The molecule has 23 heavy (non-hydrogen) atoms. The summed E-state index contributed by atoms with van der Waals surface area (Å²) in [5, 5.41) is 6.37. The van der Waals surface area contributed by atoms with Gasteiger partial charge < -0.3 is 5.32 Å². The summed E-state index contributed by atoms with van der Waals surface area (Å²) >= 11 is 0. The molecule has 3 aromatic carbocycles. The van der Waals surface area contributed by atoms with Gasteiger partial charge in [0.25, 0.3) is 0 Å². The minimum atomic E-state index is -0.382. The molecule has 1 N–H and O–H groups in total. The van der Waals surface area contributed by atoms with Crippen LogP contribution in [0.3, 0.4) is 0 Å². The van der Waals surface area contributed by atoms with E-state index in [-0.39, 0.29) is 7.92 Å². The Balaban J connectivity index is 1.93. The Bertz CT molecular complexity index is 658. The first-order valence-corrected chi connectivity index (χ1v) is 9.51. The molecule has 116 valence electrons. The third kappa shape index (κ3) is 4.07. The van der Waals surface area contributed by atoms with Crippen LogP contribution in [0.25, 0.3) is 0 Å². The molecule has 0 aliphatic heterocycles. The van der Waals surface area contributed by atoms with Gasteiger partial charge in [-0.15, -0.1) is 0 Å². The highest BCUT2D eigenvalue weighted by molar-refractivity contribution is 7.73. The summed E-state index contributed by atoms with van der Waals surface area (Å²) in [6, 6.07) is 32.9. The molecule has 0 aliphatic rings. The molecule has 0 aliphatic carbocycles. The first-order chi connectivity index (χ1) is 11.4. The van der Waals surface area contributed by atoms with Crippen LogP contribution in [0.15, 0.2) is 91.0 Å². The molecule has 0 aromatic heterocycles. The molecular weight excluding hydrogens is 297 g/mol. The van der Waals surface area contributed by atoms with E-state index in [0.29, 0.717) is 6.04 Å². The Morgan fingerprint density at radius 2 is 1.13 bits per heavy atom. The largest absolute Gasteiger partial charge is 0.313 e. The summed E-state index contributed by atoms with van der Waals surface area (Å²) in [5.41, 5.74) is 1.36. The summed E-state index contributed by atoms with van der Waals surface area (Å²) in [6.45, 7) is 0. The van der Waals surface area contributed by atoms with Crippen molar-refractivity contribution < 1.29 is 0 Å². The second kappa shape index (κ2) is 8.06. The van der Waals surface area contributed by atoms with Crippen LogP contribution in [0.1, 0.15) is 11.6 Å². The molecule has 1 nitrogen and oxygen atoms in total. The molecule has 0 unspecified atom stereocenters. The summed E-state index contributed by atoms with van der Waals surface area (Å²) in [6.07, 6.45) is 1.10. The monoisotopic (exact) mass is 319 g/mol. The lowest BCUT2D eigenvalue weighted by atomic mass is 10.1. The zero-order valence-corrected chi connectivity index (χ0v) is 14.3. The fourth-order valence-corrected chi connectivity index (χ4v) is 5.35. The Labute approximate surface area is 140 Å². The van der Waals surface area contributed by atoms with Crippen molar-refractivity contribution in [1.82, 2.24) is 5.32 Å². The van der Waals surface area contributed by atoms with Crippen LogP contribution in [0, 0.1) is 0 Å². The lowest BCUT2D eigenvalue weighted by Gasteiger charge is -2.25. The molecule has 0 heterocycles. The van der Waals surface area contributed by atoms with Crippen molar-refractivity contribution in [2.24, 2.45) is 0 Å². The molecule has 0 radical (unpaired) electrons. The third-order valence-corrected chi connectivity index (χ3v) is 6.62. The number of nitrogens with one attached hydrogen (secondary N) is 1. The van der Waals surface area contributed by atoms with Crippen LogP contribution in [-0.2, 0) is 0 Å². The average molecular weight is 319 g/mol. The van der Waals surface area contributed by atoms with Crippen molar-refractivity contribution in [2.75, 3.05) is 13.2 Å². The van der Waals surface area contributed by atoms with Crippen molar-refractivity contribution in [1.29, 1.82) is 0 Å². The SMILES string of the molecule is CN[C@@H](CP(c1ccccc1)c1ccccc1)c1ccccc1. The number of benzene rings is 3. The van der Waals surface area contributed by atoms with E-state index in [4.69, 9.17) is 0 Å². The zero-order valence-electron chi connectivity index (χ0n) is 13.4. The van der Waals surface area contributed by atoms with Gasteiger partial charge in [0.2, 0.25) is 0 Å². The van der Waals surface area contributed by atoms with Gasteiger partial charge in [0.05, 0.1) is 0 Å². The lowest BCUT2D eigenvalue weighted by molar-refractivity contribution is 0.660. The Kier molecular flexibility index (Phi) is 5.58. The molecule has 1 atom stereocenters. The molecule has 3 rings (SSSR count). The second-order valence-corrected chi connectivity index (χ2v) is 7.79. The quantitative estimate of drug-likeness (QED) is 0.675. The first kappa shape index (κ1) is 15.9. The van der Waals surface area contributed by atoms with Crippen molar-refractivity contribution in [3.8, 4) is 0 Å². The van der Waals surface area contributed by atoms with E-state index in [9.17, 15) is 0 Å². The van der Waals surface area contributed by atoms with E-state index >= 15 is 0 Å². The Morgan fingerprint density at radius 3 is 1.57 bits per heavy atom. The van der Waals surface area contributed by atoms with Gasteiger partial charge in [-0.3, -0.25) is 0 Å². The maximum absolute atomic E-state index is 3.50. The molecule has 0 saturated heterocycles. The maximum atomic E-state index is 3.50. The summed E-state index contributed by atoms with van der Waals surface area (Å²) in [5.74, 6) is 0. The zero-order chi connectivity index (χ0) is 15.9. The molecule has 0 fully saturated rings. The van der Waals surface area contributed by atoms with Crippen molar-refractivity contribution >= 4 is 18.5 Å². The van der Waals surface area contributed by atoms with Crippen LogP contribution in [0.5, 0.6) is 0 Å². The van der Waals surface area contributed by atoms with Crippen molar-refractivity contribution in [3.63, 3.8) is 0 Å². The number of hydrogen-bond donors (Lipinski definition) is 1. The normalized spacial score (nSPS) is 12.3. The summed E-state index contributed by atoms with van der Waals surface area (Å²) in [4.78, 5) is 0. The number of hydrogen-bond acceptors (Lipinski definition) is 1. The van der Waals surface area contributed by atoms with Crippen LogP contribution in [0.2, 0.25) is 0 Å². The highest BCUT2D eigenvalue weighted by Crippen LogP contribution is 2.37. The first-order valence-electron chi connectivity index (χ1n) is 7.98. The van der Waals surface area contributed by atoms with Gasteiger partial charge in [-0.05, 0) is 37.3 Å². The van der Waals surface area contributed by atoms with Crippen LogP contribution in [0.4, 0.5) is 0 Å². The second-order valence-electron chi connectivity index (χ2n) is 5.53. The minimum Gasteiger partial charge on any atom is -0.313 e. The summed E-state index contributed by atoms with van der Waals surface area (Å²) in [7, 11) is 1.67. The van der Waals surface area contributed by atoms with Gasteiger partial charge in [-0.2, -0.15) is 0 Å². The third-order valence-electron chi connectivity index (χ3n) is 4.05. The molecular formula is C21H22NP. The van der Waals surface area contributed by atoms with Crippen molar-refractivity contribution in [2.45, 2.75) is 6.04 Å². The molecule has 0 saturated carbocycles. The van der Waals surface area contributed by atoms with Crippen molar-refractivity contribution in [3.05, 3.63) is 96.6 Å². The maximum Gasteiger partial charge on any atom is 0.0363 e. The van der Waals surface area contributed by atoms with Gasteiger partial charge in [0.15, 0.2) is 0 Å². The van der Waals surface area contributed by atoms with Crippen LogP contribution < -0.4 is 15.9 Å². The Hall–Kier alpha value is -1.95. The van der Waals surface area contributed by atoms with Gasteiger partial charge in [0.1, 0.15) is 0 Å². The fraction of sp³-hybridized carbons (Fsp3) is 0.143. The minimum absolute atomic E-state index is 0.364. The van der Waals surface area contributed by atoms with Crippen LogP contribution in [-0.4, -0.2) is 13.2 Å². The lowest BCUT2D eigenvalue weighted by Crippen LogP contribution is -2.24. The van der Waals surface area contributed by atoms with E-state index in [1.165, 1.54) is 16.2 Å². The van der Waals surface area contributed by atoms with Crippen LogP contribution >= 0.6 is 7.92 Å². The predicted molar refractivity (Wildman–Crippen MR) is 102 cm³/mol. The molecule has 3 aromatic rings. The Morgan fingerprint density at radius 1 is 0.696 bits per heavy atom.